The molecular weight excluding hydrogens is 296 g/mol. The molecule has 1 aromatic rings. The van der Waals surface area contributed by atoms with Gasteiger partial charge in [-0.15, -0.1) is 21.2 Å². The van der Waals surface area contributed by atoms with E-state index in [1.807, 2.05) is 0 Å². The van der Waals surface area contributed by atoms with Gasteiger partial charge >= 0.3 is 12.3 Å². The molecule has 8 heteroatoms. The average molecular weight is 310 g/mol. The Kier molecular flexibility index (Phi) is 5.13. The maximum absolute atomic E-state index is 12.8. The number of benzene rings is 1. The summed E-state index contributed by atoms with van der Waals surface area (Å²) in [6.45, 7) is 1.95. The molecular formula is C12H14ClF2NO4. The molecule has 0 aromatic heterocycles. The number of fused-ring (bicyclic) bond motifs is 1. The fourth-order valence-electron chi connectivity index (χ4n) is 1.71. The summed E-state index contributed by atoms with van der Waals surface area (Å²) < 4.78 is 39.0. The van der Waals surface area contributed by atoms with Crippen molar-refractivity contribution in [1.82, 2.24) is 0 Å². The summed E-state index contributed by atoms with van der Waals surface area (Å²) in [4.78, 5) is 11.3. The minimum absolute atomic E-state index is 0. The van der Waals surface area contributed by atoms with Crippen molar-refractivity contribution in [2.75, 3.05) is 6.61 Å². The Bertz CT molecular complexity index is 498. The summed E-state index contributed by atoms with van der Waals surface area (Å²) in [5, 5.41) is 0. The molecule has 0 unspecified atom stereocenters. The first-order valence-corrected chi connectivity index (χ1v) is 5.72. The number of rotatable bonds is 4. The molecule has 5 nitrogen and oxygen atoms in total. The SMILES string of the molecule is CCOC(=O)C[C@@H](N)c1ccc2c(c1)OC(F)(F)O2.Cl. The average Bonchev–Trinajstić information content (AvgIpc) is 2.61. The van der Waals surface area contributed by atoms with E-state index in [9.17, 15) is 13.6 Å². The fraction of sp³-hybridized carbons (Fsp3) is 0.417. The molecule has 20 heavy (non-hydrogen) atoms. The molecule has 0 amide bonds. The van der Waals surface area contributed by atoms with Crippen LogP contribution in [0.2, 0.25) is 0 Å². The molecule has 2 N–H and O–H groups in total. The molecule has 0 saturated carbocycles. The number of halogens is 3. The maximum atomic E-state index is 12.8. The summed E-state index contributed by atoms with van der Waals surface area (Å²) in [6, 6.07) is 3.52. The van der Waals surface area contributed by atoms with E-state index >= 15 is 0 Å². The van der Waals surface area contributed by atoms with Gasteiger partial charge in [0.1, 0.15) is 0 Å². The molecule has 0 fully saturated rings. The van der Waals surface area contributed by atoms with Crippen LogP contribution < -0.4 is 15.2 Å². The molecule has 112 valence electrons. The number of carbonyl (C=O) groups excluding carboxylic acids is 1. The van der Waals surface area contributed by atoms with E-state index in [4.69, 9.17) is 10.5 Å². The van der Waals surface area contributed by atoms with E-state index in [0.29, 0.717) is 5.56 Å². The van der Waals surface area contributed by atoms with Crippen molar-refractivity contribution in [2.24, 2.45) is 5.73 Å². The van der Waals surface area contributed by atoms with Crippen LogP contribution in [0.25, 0.3) is 0 Å². The van der Waals surface area contributed by atoms with Crippen molar-refractivity contribution in [3.8, 4) is 11.5 Å². The quantitative estimate of drug-likeness (QED) is 0.865. The van der Waals surface area contributed by atoms with Gasteiger partial charge in [-0.05, 0) is 24.6 Å². The lowest BCUT2D eigenvalue weighted by Crippen LogP contribution is -2.25. The molecule has 0 aliphatic carbocycles. The predicted molar refractivity (Wildman–Crippen MR) is 68.1 cm³/mol. The van der Waals surface area contributed by atoms with Crippen LogP contribution in [0.3, 0.4) is 0 Å². The van der Waals surface area contributed by atoms with Crippen molar-refractivity contribution in [2.45, 2.75) is 25.7 Å². The highest BCUT2D eigenvalue weighted by Crippen LogP contribution is 2.42. The van der Waals surface area contributed by atoms with Crippen LogP contribution in [0.5, 0.6) is 11.5 Å². The lowest BCUT2D eigenvalue weighted by molar-refractivity contribution is -0.286. The summed E-state index contributed by atoms with van der Waals surface area (Å²) >= 11 is 0. The van der Waals surface area contributed by atoms with Gasteiger partial charge < -0.3 is 19.9 Å². The highest BCUT2D eigenvalue weighted by atomic mass is 35.5. The second-order valence-corrected chi connectivity index (χ2v) is 3.99. The highest BCUT2D eigenvalue weighted by molar-refractivity contribution is 5.85. The van der Waals surface area contributed by atoms with Crippen molar-refractivity contribution < 1.29 is 27.8 Å². The van der Waals surface area contributed by atoms with Gasteiger partial charge in [0.2, 0.25) is 0 Å². The standard InChI is InChI=1S/C12H13F2NO4.ClH/c1-2-17-11(16)6-8(15)7-3-4-9-10(5-7)19-12(13,14)18-9;/h3-5,8H,2,6,15H2,1H3;1H/t8-;/m1./s1. The zero-order chi connectivity index (χ0) is 14.0. The number of carbonyl (C=O) groups is 1. The third-order valence-electron chi connectivity index (χ3n) is 2.55. The molecule has 2 rings (SSSR count). The number of alkyl halides is 2. The Morgan fingerprint density at radius 2 is 2.05 bits per heavy atom. The largest absolute Gasteiger partial charge is 0.586 e. The van der Waals surface area contributed by atoms with Gasteiger partial charge in [0.15, 0.2) is 11.5 Å². The van der Waals surface area contributed by atoms with Gasteiger partial charge in [-0.1, -0.05) is 6.07 Å². The molecule has 0 spiro atoms. The second-order valence-electron chi connectivity index (χ2n) is 3.99. The van der Waals surface area contributed by atoms with Crippen LogP contribution >= 0.6 is 12.4 Å². The van der Waals surface area contributed by atoms with Crippen molar-refractivity contribution in [3.05, 3.63) is 23.8 Å². The summed E-state index contributed by atoms with van der Waals surface area (Å²) in [5.74, 6) is -0.600. The Morgan fingerprint density at radius 3 is 2.70 bits per heavy atom. The Hall–Kier alpha value is -1.60. The predicted octanol–water partition coefficient (Wildman–Crippen LogP) is 2.38. The smallest absolute Gasteiger partial charge is 0.466 e. The molecule has 1 aliphatic heterocycles. The lowest BCUT2D eigenvalue weighted by atomic mass is 10.0. The van der Waals surface area contributed by atoms with Gasteiger partial charge in [-0.2, -0.15) is 0 Å². The zero-order valence-corrected chi connectivity index (χ0v) is 11.4. The Balaban J connectivity index is 0.00000200. The lowest BCUT2D eigenvalue weighted by Gasteiger charge is -2.11. The fourth-order valence-corrected chi connectivity index (χ4v) is 1.71. The molecule has 0 saturated heterocycles. The van der Waals surface area contributed by atoms with Crippen LogP contribution in [0, 0.1) is 0 Å². The number of hydrogen-bond donors (Lipinski definition) is 1. The Labute approximate surface area is 120 Å². The molecule has 1 aromatic carbocycles. The molecule has 1 atom stereocenters. The monoisotopic (exact) mass is 309 g/mol. The van der Waals surface area contributed by atoms with E-state index in [0.717, 1.165) is 0 Å². The summed E-state index contributed by atoms with van der Waals surface area (Å²) in [5.41, 5.74) is 6.30. The third kappa shape index (κ3) is 3.71. The van der Waals surface area contributed by atoms with Crippen molar-refractivity contribution in [3.63, 3.8) is 0 Å². The highest BCUT2D eigenvalue weighted by Gasteiger charge is 2.43. The van der Waals surface area contributed by atoms with Gasteiger partial charge in [0.05, 0.1) is 13.0 Å². The first kappa shape index (κ1) is 16.5. The number of nitrogens with two attached hydrogens (primary N) is 1. The number of ether oxygens (including phenoxy) is 3. The van der Waals surface area contributed by atoms with E-state index < -0.39 is 18.3 Å². The first-order valence-electron chi connectivity index (χ1n) is 5.72. The van der Waals surface area contributed by atoms with Crippen LogP contribution in [-0.4, -0.2) is 18.9 Å². The van der Waals surface area contributed by atoms with Crippen LogP contribution in [-0.2, 0) is 9.53 Å². The summed E-state index contributed by atoms with van der Waals surface area (Å²) in [6.07, 6.45) is -3.70. The van der Waals surface area contributed by atoms with Crippen LogP contribution in [0.4, 0.5) is 8.78 Å². The Morgan fingerprint density at radius 1 is 1.40 bits per heavy atom. The van der Waals surface area contributed by atoms with E-state index in [2.05, 4.69) is 9.47 Å². The zero-order valence-electron chi connectivity index (χ0n) is 10.6. The minimum atomic E-state index is -3.66. The van der Waals surface area contributed by atoms with E-state index in [-0.39, 0.29) is 36.9 Å². The molecule has 0 bridgehead atoms. The van der Waals surface area contributed by atoms with Crippen molar-refractivity contribution in [1.29, 1.82) is 0 Å². The van der Waals surface area contributed by atoms with E-state index in [1.165, 1.54) is 18.2 Å². The van der Waals surface area contributed by atoms with Gasteiger partial charge in [-0.25, -0.2) is 0 Å². The maximum Gasteiger partial charge on any atom is 0.586 e. The van der Waals surface area contributed by atoms with Crippen LogP contribution in [0.1, 0.15) is 24.9 Å². The van der Waals surface area contributed by atoms with Gasteiger partial charge in [-0.3, -0.25) is 4.79 Å². The van der Waals surface area contributed by atoms with Crippen molar-refractivity contribution >= 4 is 18.4 Å². The summed E-state index contributed by atoms with van der Waals surface area (Å²) in [7, 11) is 0. The van der Waals surface area contributed by atoms with Gasteiger partial charge in [0, 0.05) is 6.04 Å². The van der Waals surface area contributed by atoms with Gasteiger partial charge in [0.25, 0.3) is 0 Å². The number of hydrogen-bond acceptors (Lipinski definition) is 5. The normalized spacial score (nSPS) is 16.2. The topological polar surface area (TPSA) is 70.8 Å². The second kappa shape index (κ2) is 6.23. The third-order valence-corrected chi connectivity index (χ3v) is 2.55. The van der Waals surface area contributed by atoms with E-state index in [1.54, 1.807) is 6.92 Å². The first-order chi connectivity index (χ1) is 8.91. The molecule has 1 heterocycles. The molecule has 1 aliphatic rings. The van der Waals surface area contributed by atoms with Crippen LogP contribution in [0.15, 0.2) is 18.2 Å². The minimum Gasteiger partial charge on any atom is -0.466 e. The number of esters is 1. The molecule has 0 radical (unpaired) electrons.